The number of carboxylic acid groups (broad SMARTS) is 1. The first-order valence-electron chi connectivity index (χ1n) is 6.22. The third kappa shape index (κ3) is 2.78. The second-order valence-electron chi connectivity index (χ2n) is 4.82. The van der Waals surface area contributed by atoms with Crippen molar-refractivity contribution in [2.45, 2.75) is 38.5 Å². The summed E-state index contributed by atoms with van der Waals surface area (Å²) in [7, 11) is 0. The molecular weight excluding hydrogens is 216 g/mol. The molecule has 1 fully saturated rings. The lowest BCUT2D eigenvalue weighted by Gasteiger charge is -2.22. The Kier molecular flexibility index (Phi) is 3.67. The molecule has 1 aromatic rings. The molecule has 0 bridgehead atoms. The molecule has 2 rings (SSSR count). The molecule has 0 unspecified atom stereocenters. The Bertz CT molecular complexity index is 406. The lowest BCUT2D eigenvalue weighted by molar-refractivity contribution is 0.0694. The van der Waals surface area contributed by atoms with E-state index in [1.54, 1.807) is 18.2 Å². The zero-order chi connectivity index (χ0) is 12.3. The smallest absolute Gasteiger partial charge is 0.336 e. The third-order valence-corrected chi connectivity index (χ3v) is 3.60. The van der Waals surface area contributed by atoms with E-state index in [1.807, 2.05) is 0 Å². The van der Waals surface area contributed by atoms with Gasteiger partial charge in [0.05, 0.1) is 5.56 Å². The number of benzene rings is 1. The zero-order valence-corrected chi connectivity index (χ0v) is 9.85. The van der Waals surface area contributed by atoms with Crippen molar-refractivity contribution in [1.29, 1.82) is 0 Å². The van der Waals surface area contributed by atoms with E-state index < -0.39 is 5.97 Å². The Morgan fingerprint density at radius 2 is 1.94 bits per heavy atom. The molecular formula is C14H18O3. The van der Waals surface area contributed by atoms with Crippen molar-refractivity contribution in [3.8, 4) is 5.75 Å². The van der Waals surface area contributed by atoms with E-state index in [1.165, 1.54) is 19.3 Å². The van der Waals surface area contributed by atoms with Crippen molar-refractivity contribution in [2.75, 3.05) is 0 Å². The molecule has 1 aromatic carbocycles. The van der Waals surface area contributed by atoms with Crippen LogP contribution in [0.5, 0.6) is 5.75 Å². The van der Waals surface area contributed by atoms with E-state index in [2.05, 4.69) is 0 Å². The monoisotopic (exact) mass is 234 g/mol. The highest BCUT2D eigenvalue weighted by Gasteiger charge is 2.20. The normalized spacial score (nSPS) is 16.9. The number of phenolic OH excluding ortho intramolecular Hbond substituents is 1. The molecule has 1 aliphatic rings. The van der Waals surface area contributed by atoms with Crippen LogP contribution in [0, 0.1) is 5.92 Å². The molecule has 3 nitrogen and oxygen atoms in total. The van der Waals surface area contributed by atoms with Gasteiger partial charge in [0.2, 0.25) is 0 Å². The number of aromatic hydroxyl groups is 1. The average molecular weight is 234 g/mol. The Morgan fingerprint density at radius 1 is 1.24 bits per heavy atom. The zero-order valence-electron chi connectivity index (χ0n) is 9.85. The minimum Gasteiger partial charge on any atom is -0.508 e. The van der Waals surface area contributed by atoms with Gasteiger partial charge >= 0.3 is 5.97 Å². The number of aromatic carboxylic acids is 1. The van der Waals surface area contributed by atoms with Gasteiger partial charge in [0.15, 0.2) is 0 Å². The van der Waals surface area contributed by atoms with Crippen molar-refractivity contribution >= 4 is 5.97 Å². The Hall–Kier alpha value is -1.51. The summed E-state index contributed by atoms with van der Waals surface area (Å²) in [5, 5.41) is 18.9. The van der Waals surface area contributed by atoms with E-state index in [0.29, 0.717) is 17.9 Å². The molecule has 17 heavy (non-hydrogen) atoms. The van der Waals surface area contributed by atoms with Gasteiger partial charge in [-0.25, -0.2) is 4.79 Å². The van der Waals surface area contributed by atoms with E-state index >= 15 is 0 Å². The maximum Gasteiger partial charge on any atom is 0.336 e. The van der Waals surface area contributed by atoms with Crippen LogP contribution in [-0.2, 0) is 6.42 Å². The SMILES string of the molecule is O=C(O)c1cccc(O)c1CC1CCCCC1. The summed E-state index contributed by atoms with van der Waals surface area (Å²) >= 11 is 0. The summed E-state index contributed by atoms with van der Waals surface area (Å²) in [4.78, 5) is 11.1. The van der Waals surface area contributed by atoms with Crippen molar-refractivity contribution < 1.29 is 15.0 Å². The van der Waals surface area contributed by atoms with Crippen molar-refractivity contribution in [2.24, 2.45) is 5.92 Å². The van der Waals surface area contributed by atoms with Crippen molar-refractivity contribution in [3.05, 3.63) is 29.3 Å². The molecule has 0 heterocycles. The van der Waals surface area contributed by atoms with Gasteiger partial charge in [-0.05, 0) is 24.5 Å². The third-order valence-electron chi connectivity index (χ3n) is 3.60. The molecule has 0 amide bonds. The maximum atomic E-state index is 11.1. The van der Waals surface area contributed by atoms with E-state index in [9.17, 15) is 9.90 Å². The topological polar surface area (TPSA) is 57.5 Å². The van der Waals surface area contributed by atoms with Crippen LogP contribution in [0.25, 0.3) is 0 Å². The van der Waals surface area contributed by atoms with Crippen LogP contribution in [0.1, 0.15) is 48.0 Å². The number of phenols is 1. The minimum atomic E-state index is -0.952. The molecule has 0 atom stereocenters. The first-order valence-corrected chi connectivity index (χ1v) is 6.22. The lowest BCUT2D eigenvalue weighted by Crippen LogP contribution is -2.12. The predicted molar refractivity (Wildman–Crippen MR) is 65.3 cm³/mol. The number of carboxylic acids is 1. The summed E-state index contributed by atoms with van der Waals surface area (Å²) in [6.07, 6.45) is 6.71. The Morgan fingerprint density at radius 3 is 2.59 bits per heavy atom. The van der Waals surface area contributed by atoms with Gasteiger partial charge in [-0.15, -0.1) is 0 Å². The van der Waals surface area contributed by atoms with Gasteiger partial charge < -0.3 is 10.2 Å². The molecule has 1 aliphatic carbocycles. The highest BCUT2D eigenvalue weighted by atomic mass is 16.4. The molecule has 0 spiro atoms. The summed E-state index contributed by atoms with van der Waals surface area (Å²) in [5.41, 5.74) is 0.850. The highest BCUT2D eigenvalue weighted by Crippen LogP contribution is 2.31. The molecule has 1 saturated carbocycles. The first-order chi connectivity index (χ1) is 8.18. The second kappa shape index (κ2) is 5.21. The lowest BCUT2D eigenvalue weighted by atomic mass is 9.83. The van der Waals surface area contributed by atoms with E-state index in [4.69, 9.17) is 5.11 Å². The Labute approximate surface area is 101 Å². The van der Waals surface area contributed by atoms with Crippen LogP contribution >= 0.6 is 0 Å². The second-order valence-corrected chi connectivity index (χ2v) is 4.82. The van der Waals surface area contributed by atoms with Gasteiger partial charge in [0.25, 0.3) is 0 Å². The number of rotatable bonds is 3. The number of hydrogen-bond donors (Lipinski definition) is 2. The van der Waals surface area contributed by atoms with Crippen LogP contribution < -0.4 is 0 Å². The van der Waals surface area contributed by atoms with Crippen LogP contribution in [0.15, 0.2) is 18.2 Å². The van der Waals surface area contributed by atoms with Gasteiger partial charge in [-0.2, -0.15) is 0 Å². The predicted octanol–water partition coefficient (Wildman–Crippen LogP) is 3.21. The van der Waals surface area contributed by atoms with E-state index in [-0.39, 0.29) is 11.3 Å². The minimum absolute atomic E-state index is 0.121. The molecule has 0 radical (unpaired) electrons. The molecule has 0 saturated heterocycles. The summed E-state index contributed by atoms with van der Waals surface area (Å²) < 4.78 is 0. The van der Waals surface area contributed by atoms with Crippen LogP contribution in [0.4, 0.5) is 0 Å². The molecule has 3 heteroatoms. The van der Waals surface area contributed by atoms with Crippen LogP contribution in [0.2, 0.25) is 0 Å². The fraction of sp³-hybridized carbons (Fsp3) is 0.500. The maximum absolute atomic E-state index is 11.1. The van der Waals surface area contributed by atoms with Gasteiger partial charge in [0.1, 0.15) is 5.75 Å². The Balaban J connectivity index is 2.21. The fourth-order valence-electron chi connectivity index (χ4n) is 2.67. The number of hydrogen-bond acceptors (Lipinski definition) is 2. The van der Waals surface area contributed by atoms with Crippen molar-refractivity contribution in [3.63, 3.8) is 0 Å². The molecule has 2 N–H and O–H groups in total. The van der Waals surface area contributed by atoms with Crippen LogP contribution in [0.3, 0.4) is 0 Å². The molecule has 0 aromatic heterocycles. The average Bonchev–Trinajstić information content (AvgIpc) is 2.33. The van der Waals surface area contributed by atoms with Gasteiger partial charge in [0, 0.05) is 5.56 Å². The summed E-state index contributed by atoms with van der Waals surface area (Å²) in [5.74, 6) is -0.308. The molecule has 92 valence electrons. The summed E-state index contributed by atoms with van der Waals surface area (Å²) in [6.45, 7) is 0. The van der Waals surface area contributed by atoms with Gasteiger partial charge in [-0.1, -0.05) is 38.2 Å². The largest absolute Gasteiger partial charge is 0.508 e. The van der Waals surface area contributed by atoms with Crippen LogP contribution in [-0.4, -0.2) is 16.2 Å². The fourth-order valence-corrected chi connectivity index (χ4v) is 2.67. The van der Waals surface area contributed by atoms with Gasteiger partial charge in [-0.3, -0.25) is 0 Å². The standard InChI is InChI=1S/C14H18O3/c15-13-8-4-7-11(14(16)17)12(13)9-10-5-2-1-3-6-10/h4,7-8,10,15H,1-3,5-6,9H2,(H,16,17). The van der Waals surface area contributed by atoms with Crippen molar-refractivity contribution in [1.82, 2.24) is 0 Å². The summed E-state index contributed by atoms with van der Waals surface area (Å²) in [6, 6.07) is 4.73. The quantitative estimate of drug-likeness (QED) is 0.844. The highest BCUT2D eigenvalue weighted by molar-refractivity contribution is 5.90. The first kappa shape index (κ1) is 12.0. The molecule has 0 aliphatic heterocycles. The number of carbonyl (C=O) groups is 1. The van der Waals surface area contributed by atoms with E-state index in [0.717, 1.165) is 12.8 Å².